The summed E-state index contributed by atoms with van der Waals surface area (Å²) in [5.41, 5.74) is 2.50. The van der Waals surface area contributed by atoms with Crippen LogP contribution in [0.2, 0.25) is 0 Å². The number of amides is 1. The number of carbonyl (C=O) groups excluding carboxylic acids is 1. The lowest BCUT2D eigenvalue weighted by molar-refractivity contribution is -0.137. The number of hydrogen-bond donors (Lipinski definition) is 1. The van der Waals surface area contributed by atoms with Gasteiger partial charge in [0.15, 0.2) is 0 Å². The first kappa shape index (κ1) is 21.7. The quantitative estimate of drug-likeness (QED) is 0.393. The van der Waals surface area contributed by atoms with Gasteiger partial charge in [-0.25, -0.2) is 0 Å². The Bertz CT molecular complexity index is 1230. The maximum absolute atomic E-state index is 13.4. The Hall–Kier alpha value is -3.54. The van der Waals surface area contributed by atoms with Crippen LogP contribution in [-0.2, 0) is 24.6 Å². The minimum atomic E-state index is -4.45. The third kappa shape index (κ3) is 4.69. The van der Waals surface area contributed by atoms with E-state index in [9.17, 15) is 18.0 Å². The molecule has 0 bridgehead atoms. The van der Waals surface area contributed by atoms with Crippen molar-refractivity contribution < 1.29 is 18.0 Å². The summed E-state index contributed by atoms with van der Waals surface area (Å²) in [6, 6.07) is 22.5. The van der Waals surface area contributed by atoms with E-state index in [0.717, 1.165) is 34.2 Å². The average molecular weight is 436 g/mol. The van der Waals surface area contributed by atoms with Gasteiger partial charge in [-0.05, 0) is 28.8 Å². The van der Waals surface area contributed by atoms with Crippen molar-refractivity contribution >= 4 is 16.8 Å². The zero-order chi connectivity index (χ0) is 22.7. The van der Waals surface area contributed by atoms with Crippen molar-refractivity contribution in [1.29, 1.82) is 0 Å². The van der Waals surface area contributed by atoms with Crippen LogP contribution in [0.4, 0.5) is 13.2 Å². The molecule has 0 aliphatic rings. The lowest BCUT2D eigenvalue weighted by Crippen LogP contribution is -2.25. The number of alkyl halides is 3. The van der Waals surface area contributed by atoms with Crippen LogP contribution >= 0.6 is 0 Å². The first-order chi connectivity index (χ1) is 15.3. The molecule has 3 aromatic carbocycles. The third-order valence-electron chi connectivity index (χ3n) is 5.64. The number of aryl methyl sites for hydroxylation is 1. The molecule has 6 heteroatoms. The molecule has 0 saturated heterocycles. The van der Waals surface area contributed by atoms with Crippen LogP contribution in [0, 0.1) is 0 Å². The lowest BCUT2D eigenvalue weighted by atomic mass is 9.87. The van der Waals surface area contributed by atoms with Crippen molar-refractivity contribution in [2.75, 3.05) is 0 Å². The summed E-state index contributed by atoms with van der Waals surface area (Å²) < 4.78 is 42.1. The van der Waals surface area contributed by atoms with Gasteiger partial charge in [0.1, 0.15) is 0 Å². The molecule has 0 fully saturated rings. The van der Waals surface area contributed by atoms with E-state index in [-0.39, 0.29) is 12.3 Å². The molecule has 0 radical (unpaired) electrons. The monoisotopic (exact) mass is 436 g/mol. The second kappa shape index (κ2) is 8.91. The Labute approximate surface area is 184 Å². The Kier molecular flexibility index (Phi) is 6.04. The number of rotatable bonds is 6. The van der Waals surface area contributed by atoms with E-state index in [4.69, 9.17) is 0 Å². The number of carbonyl (C=O) groups is 1. The summed E-state index contributed by atoms with van der Waals surface area (Å²) in [7, 11) is 1.89. The minimum absolute atomic E-state index is 0.0438. The zero-order valence-electron chi connectivity index (χ0n) is 17.6. The summed E-state index contributed by atoms with van der Waals surface area (Å²) in [5, 5.41) is 3.83. The highest BCUT2D eigenvalue weighted by Gasteiger charge is 2.32. The fraction of sp³-hybridized carbons (Fsp3) is 0.192. The molecule has 3 nitrogen and oxygen atoms in total. The second-order valence-corrected chi connectivity index (χ2v) is 7.85. The summed E-state index contributed by atoms with van der Waals surface area (Å²) in [6.45, 7) is 0.366. The van der Waals surface area contributed by atoms with E-state index < -0.39 is 17.7 Å². The van der Waals surface area contributed by atoms with Crippen LogP contribution < -0.4 is 5.32 Å². The van der Waals surface area contributed by atoms with Crippen LogP contribution in [0.3, 0.4) is 0 Å². The molecule has 0 aliphatic carbocycles. The number of halogens is 3. The molecule has 0 aliphatic heterocycles. The van der Waals surface area contributed by atoms with E-state index in [1.54, 1.807) is 6.07 Å². The van der Waals surface area contributed by atoms with Gasteiger partial charge in [0.25, 0.3) is 0 Å². The molecule has 164 valence electrons. The SMILES string of the molecule is Cn1cc([C@@H](CC(=O)NCc2ccccc2)c2cccc(C(F)(F)F)c2)c2ccccc21. The molecule has 0 saturated carbocycles. The molecular weight excluding hydrogens is 413 g/mol. The third-order valence-corrected chi connectivity index (χ3v) is 5.64. The van der Waals surface area contributed by atoms with Crippen LogP contribution in [0.1, 0.15) is 34.6 Å². The Morgan fingerprint density at radius 3 is 2.44 bits per heavy atom. The predicted octanol–water partition coefficient (Wildman–Crippen LogP) is 6.04. The summed E-state index contributed by atoms with van der Waals surface area (Å²) >= 11 is 0. The standard InChI is InChI=1S/C26H23F3N2O/c1-31-17-23(21-12-5-6-13-24(21)31)22(19-10-7-11-20(14-19)26(27,28)29)15-25(32)30-16-18-8-3-2-4-9-18/h2-14,17,22H,15-16H2,1H3,(H,30,32)/t22-/m0/s1. The molecule has 1 atom stereocenters. The molecule has 1 aromatic heterocycles. The maximum atomic E-state index is 13.4. The van der Waals surface area contributed by atoms with Gasteiger partial charge in [-0.2, -0.15) is 13.2 Å². The average Bonchev–Trinajstić information content (AvgIpc) is 3.13. The molecule has 1 amide bonds. The Morgan fingerprint density at radius 1 is 0.969 bits per heavy atom. The molecule has 4 aromatic rings. The van der Waals surface area contributed by atoms with Crippen molar-refractivity contribution in [1.82, 2.24) is 9.88 Å². The Balaban J connectivity index is 1.69. The van der Waals surface area contributed by atoms with Crippen LogP contribution in [0.5, 0.6) is 0 Å². The number of nitrogens with zero attached hydrogens (tertiary/aromatic N) is 1. The lowest BCUT2D eigenvalue weighted by Gasteiger charge is -2.19. The van der Waals surface area contributed by atoms with Crippen molar-refractivity contribution in [3.63, 3.8) is 0 Å². The number of aromatic nitrogens is 1. The highest BCUT2D eigenvalue weighted by molar-refractivity contribution is 5.86. The first-order valence-electron chi connectivity index (χ1n) is 10.3. The van der Waals surface area contributed by atoms with Crippen molar-refractivity contribution in [2.45, 2.75) is 25.1 Å². The van der Waals surface area contributed by atoms with Gasteiger partial charge in [0, 0.05) is 43.0 Å². The summed E-state index contributed by atoms with van der Waals surface area (Å²) in [5.74, 6) is -0.733. The number of nitrogens with one attached hydrogen (secondary N) is 1. The minimum Gasteiger partial charge on any atom is -0.352 e. The number of para-hydroxylation sites is 1. The predicted molar refractivity (Wildman–Crippen MR) is 119 cm³/mol. The van der Waals surface area contributed by atoms with E-state index in [2.05, 4.69) is 5.32 Å². The van der Waals surface area contributed by atoms with Gasteiger partial charge in [-0.3, -0.25) is 4.79 Å². The largest absolute Gasteiger partial charge is 0.416 e. The van der Waals surface area contributed by atoms with Crippen LogP contribution in [-0.4, -0.2) is 10.5 Å². The molecular formula is C26H23F3N2O. The molecule has 0 unspecified atom stereocenters. The highest BCUT2D eigenvalue weighted by atomic mass is 19.4. The number of hydrogen-bond acceptors (Lipinski definition) is 1. The smallest absolute Gasteiger partial charge is 0.352 e. The normalized spacial score (nSPS) is 12.6. The van der Waals surface area contributed by atoms with E-state index >= 15 is 0 Å². The highest BCUT2D eigenvalue weighted by Crippen LogP contribution is 2.37. The summed E-state index contributed by atoms with van der Waals surface area (Å²) in [4.78, 5) is 12.9. The molecule has 32 heavy (non-hydrogen) atoms. The Morgan fingerprint density at radius 2 is 1.69 bits per heavy atom. The topological polar surface area (TPSA) is 34.0 Å². The van der Waals surface area contributed by atoms with Gasteiger partial charge in [0.2, 0.25) is 5.91 Å². The molecule has 1 N–H and O–H groups in total. The van der Waals surface area contributed by atoms with E-state index in [0.29, 0.717) is 12.1 Å². The van der Waals surface area contributed by atoms with Crippen LogP contribution in [0.25, 0.3) is 10.9 Å². The van der Waals surface area contributed by atoms with Gasteiger partial charge in [-0.1, -0.05) is 66.7 Å². The maximum Gasteiger partial charge on any atom is 0.416 e. The van der Waals surface area contributed by atoms with Gasteiger partial charge >= 0.3 is 6.18 Å². The van der Waals surface area contributed by atoms with Crippen LogP contribution in [0.15, 0.2) is 85.1 Å². The van der Waals surface area contributed by atoms with Gasteiger partial charge < -0.3 is 9.88 Å². The first-order valence-corrected chi connectivity index (χ1v) is 10.3. The molecule has 4 rings (SSSR count). The molecule has 1 heterocycles. The summed E-state index contributed by atoms with van der Waals surface area (Å²) in [6.07, 6.45) is -2.50. The van der Waals surface area contributed by atoms with Gasteiger partial charge in [0.05, 0.1) is 5.56 Å². The number of fused-ring (bicyclic) bond motifs is 1. The van der Waals surface area contributed by atoms with E-state index in [1.165, 1.54) is 6.07 Å². The van der Waals surface area contributed by atoms with Gasteiger partial charge in [-0.15, -0.1) is 0 Å². The van der Waals surface area contributed by atoms with Crippen molar-refractivity contribution in [3.05, 3.63) is 107 Å². The fourth-order valence-electron chi connectivity index (χ4n) is 4.04. The second-order valence-electron chi connectivity index (χ2n) is 7.85. The number of benzene rings is 3. The fourth-order valence-corrected chi connectivity index (χ4v) is 4.04. The zero-order valence-corrected chi connectivity index (χ0v) is 17.6. The van der Waals surface area contributed by atoms with Crippen molar-refractivity contribution in [2.24, 2.45) is 7.05 Å². The van der Waals surface area contributed by atoms with Crippen molar-refractivity contribution in [3.8, 4) is 0 Å². The van der Waals surface area contributed by atoms with E-state index in [1.807, 2.05) is 72.4 Å². The molecule has 0 spiro atoms.